The molecule has 0 unspecified atom stereocenters. The van der Waals surface area contributed by atoms with E-state index in [0.717, 1.165) is 11.1 Å². The molecule has 4 rings (SSSR count). The molecule has 0 saturated heterocycles. The van der Waals surface area contributed by atoms with Crippen molar-refractivity contribution in [2.45, 2.75) is 6.61 Å². The maximum Gasteiger partial charge on any atom is 0.170 e. The summed E-state index contributed by atoms with van der Waals surface area (Å²) >= 11 is 0. The first-order valence-electron chi connectivity index (χ1n) is 10.1. The van der Waals surface area contributed by atoms with Gasteiger partial charge in [-0.15, -0.1) is 0 Å². The van der Waals surface area contributed by atoms with Crippen LogP contribution in [0.3, 0.4) is 0 Å². The number of phenolic OH excluding ortho intramolecular Hbond substituents is 3. The Bertz CT molecular complexity index is 1260. The lowest BCUT2D eigenvalue weighted by Crippen LogP contribution is -1.97. The molecular formula is C26H23NO6. The molecule has 33 heavy (non-hydrogen) atoms. The Morgan fingerprint density at radius 2 is 1.45 bits per heavy atom. The fraction of sp³-hybridized carbons (Fsp3) is 0.115. The number of benzene rings is 3. The van der Waals surface area contributed by atoms with Crippen LogP contribution in [0.2, 0.25) is 0 Å². The molecule has 1 aromatic heterocycles. The molecule has 1 heterocycles. The molecule has 0 aliphatic carbocycles. The number of phenols is 3. The average Bonchev–Trinajstić information content (AvgIpc) is 2.84. The van der Waals surface area contributed by atoms with Crippen molar-refractivity contribution >= 4 is 0 Å². The zero-order chi connectivity index (χ0) is 23.4. The standard InChI is InChI=1S/C26H23NO6/c1-31-23-14-20(17-3-6-19(28)7-4-17)26(32-2)25(30)24(23)18-5-8-22(21(29)13-18)33-15-16-9-11-27-12-10-16/h3-14,28-30H,15H2,1-2H3. The third kappa shape index (κ3) is 4.48. The van der Waals surface area contributed by atoms with E-state index in [1.807, 2.05) is 12.1 Å². The van der Waals surface area contributed by atoms with Gasteiger partial charge in [0.05, 0.1) is 19.8 Å². The summed E-state index contributed by atoms with van der Waals surface area (Å²) in [4.78, 5) is 3.97. The van der Waals surface area contributed by atoms with Gasteiger partial charge in [-0.05, 0) is 59.2 Å². The molecule has 168 valence electrons. The molecule has 7 heteroatoms. The highest BCUT2D eigenvalue weighted by molar-refractivity contribution is 5.88. The highest BCUT2D eigenvalue weighted by Gasteiger charge is 2.22. The summed E-state index contributed by atoms with van der Waals surface area (Å²) in [5.41, 5.74) is 3.13. The molecule has 3 N–H and O–H groups in total. The van der Waals surface area contributed by atoms with Gasteiger partial charge in [0.25, 0.3) is 0 Å². The molecule has 0 bridgehead atoms. The molecule has 0 aliphatic rings. The monoisotopic (exact) mass is 445 g/mol. The van der Waals surface area contributed by atoms with Crippen LogP contribution in [-0.2, 0) is 6.61 Å². The molecule has 0 aliphatic heterocycles. The second-order valence-electron chi connectivity index (χ2n) is 7.26. The SMILES string of the molecule is COc1cc(-c2ccc(O)cc2)c(OC)c(O)c1-c1ccc(OCc2ccncc2)c(O)c1. The van der Waals surface area contributed by atoms with E-state index in [0.29, 0.717) is 28.2 Å². The molecular weight excluding hydrogens is 422 g/mol. The van der Waals surface area contributed by atoms with Gasteiger partial charge in [0, 0.05) is 18.0 Å². The van der Waals surface area contributed by atoms with Crippen LogP contribution in [0.15, 0.2) is 73.1 Å². The largest absolute Gasteiger partial charge is 0.508 e. The lowest BCUT2D eigenvalue weighted by molar-refractivity contribution is 0.289. The zero-order valence-electron chi connectivity index (χ0n) is 18.1. The van der Waals surface area contributed by atoms with Crippen LogP contribution in [0.4, 0.5) is 0 Å². The van der Waals surface area contributed by atoms with Crippen LogP contribution in [0.1, 0.15) is 5.56 Å². The summed E-state index contributed by atoms with van der Waals surface area (Å²) in [6, 6.07) is 16.8. The van der Waals surface area contributed by atoms with Gasteiger partial charge in [0.1, 0.15) is 18.1 Å². The summed E-state index contributed by atoms with van der Waals surface area (Å²) in [6.07, 6.45) is 3.35. The van der Waals surface area contributed by atoms with Crippen molar-refractivity contribution in [3.8, 4) is 56.8 Å². The first kappa shape index (κ1) is 21.8. The van der Waals surface area contributed by atoms with Gasteiger partial charge in [-0.2, -0.15) is 0 Å². The van der Waals surface area contributed by atoms with Gasteiger partial charge >= 0.3 is 0 Å². The Labute approximate surface area is 191 Å². The Morgan fingerprint density at radius 3 is 2.09 bits per heavy atom. The number of hydrogen-bond donors (Lipinski definition) is 3. The third-order valence-electron chi connectivity index (χ3n) is 5.21. The first-order chi connectivity index (χ1) is 16.0. The van der Waals surface area contributed by atoms with Crippen LogP contribution < -0.4 is 14.2 Å². The van der Waals surface area contributed by atoms with Crippen molar-refractivity contribution in [2.75, 3.05) is 14.2 Å². The molecule has 4 aromatic rings. The van der Waals surface area contributed by atoms with E-state index in [1.165, 1.54) is 20.3 Å². The number of hydrogen-bond acceptors (Lipinski definition) is 7. The van der Waals surface area contributed by atoms with Crippen molar-refractivity contribution in [2.24, 2.45) is 0 Å². The predicted molar refractivity (Wildman–Crippen MR) is 124 cm³/mol. The van der Waals surface area contributed by atoms with Crippen LogP contribution in [-0.4, -0.2) is 34.5 Å². The number of aromatic hydroxyl groups is 3. The van der Waals surface area contributed by atoms with Gasteiger partial charge in [-0.3, -0.25) is 4.98 Å². The normalized spacial score (nSPS) is 10.6. The third-order valence-corrected chi connectivity index (χ3v) is 5.21. The van der Waals surface area contributed by atoms with Crippen LogP contribution in [0.5, 0.6) is 34.5 Å². The minimum absolute atomic E-state index is 0.0791. The predicted octanol–water partition coefficient (Wildman–Crippen LogP) is 5.13. The summed E-state index contributed by atoms with van der Waals surface area (Å²) < 4.78 is 16.8. The van der Waals surface area contributed by atoms with Gasteiger partial charge in [0.2, 0.25) is 0 Å². The smallest absolute Gasteiger partial charge is 0.170 e. The molecule has 7 nitrogen and oxygen atoms in total. The van der Waals surface area contributed by atoms with E-state index < -0.39 is 0 Å². The van der Waals surface area contributed by atoms with Crippen molar-refractivity contribution in [3.05, 3.63) is 78.6 Å². The Kier molecular flexibility index (Phi) is 6.22. The van der Waals surface area contributed by atoms with Gasteiger partial charge in [0.15, 0.2) is 23.0 Å². The van der Waals surface area contributed by atoms with Crippen LogP contribution >= 0.6 is 0 Å². The van der Waals surface area contributed by atoms with E-state index in [9.17, 15) is 15.3 Å². The average molecular weight is 445 g/mol. The molecule has 0 radical (unpaired) electrons. The van der Waals surface area contributed by atoms with Gasteiger partial charge in [-0.1, -0.05) is 18.2 Å². The van der Waals surface area contributed by atoms with Gasteiger partial charge < -0.3 is 29.5 Å². The number of methoxy groups -OCH3 is 2. The summed E-state index contributed by atoms with van der Waals surface area (Å²) in [7, 11) is 2.96. The minimum atomic E-state index is -0.134. The number of rotatable bonds is 7. The van der Waals surface area contributed by atoms with E-state index in [4.69, 9.17) is 14.2 Å². The number of ether oxygens (including phenoxy) is 3. The second kappa shape index (κ2) is 9.40. The Hall–Kier alpha value is -4.39. The van der Waals surface area contributed by atoms with Crippen LogP contribution in [0.25, 0.3) is 22.3 Å². The van der Waals surface area contributed by atoms with E-state index in [1.54, 1.807) is 54.9 Å². The molecule has 0 amide bonds. The first-order valence-corrected chi connectivity index (χ1v) is 10.1. The van der Waals surface area contributed by atoms with E-state index in [2.05, 4.69) is 4.98 Å². The van der Waals surface area contributed by atoms with E-state index >= 15 is 0 Å². The molecule has 0 spiro atoms. The zero-order valence-corrected chi connectivity index (χ0v) is 18.1. The van der Waals surface area contributed by atoms with Crippen molar-refractivity contribution in [1.82, 2.24) is 4.98 Å². The summed E-state index contributed by atoms with van der Waals surface area (Å²) in [5.74, 6) is 0.860. The molecule has 0 atom stereocenters. The summed E-state index contributed by atoms with van der Waals surface area (Å²) in [6.45, 7) is 0.277. The maximum atomic E-state index is 11.1. The highest BCUT2D eigenvalue weighted by atomic mass is 16.5. The maximum absolute atomic E-state index is 11.1. The molecule has 3 aromatic carbocycles. The topological polar surface area (TPSA) is 101 Å². The summed E-state index contributed by atoms with van der Waals surface area (Å²) in [5, 5.41) is 31.2. The van der Waals surface area contributed by atoms with Crippen molar-refractivity contribution < 1.29 is 29.5 Å². The molecule has 0 saturated carbocycles. The Morgan fingerprint density at radius 1 is 0.758 bits per heavy atom. The molecule has 0 fully saturated rings. The number of aromatic nitrogens is 1. The van der Waals surface area contributed by atoms with Crippen LogP contribution in [0, 0.1) is 0 Å². The fourth-order valence-corrected chi connectivity index (χ4v) is 3.56. The quantitative estimate of drug-likeness (QED) is 0.363. The number of nitrogens with zero attached hydrogens (tertiary/aromatic N) is 1. The van der Waals surface area contributed by atoms with Gasteiger partial charge in [-0.25, -0.2) is 0 Å². The van der Waals surface area contributed by atoms with Crippen molar-refractivity contribution in [3.63, 3.8) is 0 Å². The van der Waals surface area contributed by atoms with E-state index in [-0.39, 0.29) is 29.6 Å². The lowest BCUT2D eigenvalue weighted by atomic mass is 9.96. The second-order valence-corrected chi connectivity index (χ2v) is 7.26. The number of pyridine rings is 1. The lowest BCUT2D eigenvalue weighted by Gasteiger charge is -2.18. The minimum Gasteiger partial charge on any atom is -0.508 e. The highest BCUT2D eigenvalue weighted by Crippen LogP contribution is 2.50. The fourth-order valence-electron chi connectivity index (χ4n) is 3.56. The van der Waals surface area contributed by atoms with Crippen molar-refractivity contribution in [1.29, 1.82) is 0 Å². The Balaban J connectivity index is 1.72.